The smallest absolute Gasteiger partial charge is 0.141 e. The second-order valence-electron chi connectivity index (χ2n) is 33.0. The van der Waals surface area contributed by atoms with Crippen LogP contribution in [-0.2, 0) is 16.2 Å². The summed E-state index contributed by atoms with van der Waals surface area (Å²) in [5.41, 5.74) is 28.6. The van der Waals surface area contributed by atoms with Crippen molar-refractivity contribution in [1.82, 2.24) is 9.97 Å². The van der Waals surface area contributed by atoms with Crippen LogP contribution in [0.25, 0.3) is 99.7 Å². The first-order valence-corrected chi connectivity index (χ1v) is 42.4. The lowest BCUT2D eigenvalue weighted by molar-refractivity contribution is 0.266. The number of phenolic OH excluding ortho intramolecular Hbond substituents is 2. The largest absolute Gasteiger partial charge is 0.506 e. The lowest BCUT2D eigenvalue weighted by Gasteiger charge is -2.39. The van der Waals surface area contributed by atoms with Crippen molar-refractivity contribution in [2.45, 2.75) is 278 Å². The van der Waals surface area contributed by atoms with E-state index < -0.39 is 0 Å². The first-order chi connectivity index (χ1) is 51.4. The quantitative estimate of drug-likeness (QED) is 0.0379. The number of phenols is 2. The van der Waals surface area contributed by atoms with Crippen LogP contribution in [0.5, 0.6) is 11.5 Å². The van der Waals surface area contributed by atoms with E-state index in [-0.39, 0.29) is 27.7 Å². The summed E-state index contributed by atoms with van der Waals surface area (Å²) < 4.78 is 0. The summed E-state index contributed by atoms with van der Waals surface area (Å²) in [7, 11) is 0. The van der Waals surface area contributed by atoms with Crippen molar-refractivity contribution in [3.63, 3.8) is 0 Å². The van der Waals surface area contributed by atoms with Crippen molar-refractivity contribution in [2.75, 3.05) is 0 Å². The zero-order valence-electron chi connectivity index (χ0n) is 66.0. The maximum absolute atomic E-state index is 11.1. The van der Waals surface area contributed by atoms with Gasteiger partial charge in [0.15, 0.2) is 0 Å². The first kappa shape index (κ1) is 75.4. The van der Waals surface area contributed by atoms with Crippen molar-refractivity contribution < 1.29 is 10.2 Å². The fraction of sp³-hybridized carbons (Fsp3) is 0.465. The van der Waals surface area contributed by atoms with Crippen LogP contribution in [0, 0.1) is 23.7 Å². The van der Waals surface area contributed by atoms with Gasteiger partial charge in [-0.25, -0.2) is 0 Å². The zero-order valence-corrected chi connectivity index (χ0v) is 66.0. The van der Waals surface area contributed by atoms with Crippen molar-refractivity contribution >= 4 is 21.8 Å². The van der Waals surface area contributed by atoms with Gasteiger partial charge in [0, 0.05) is 39.4 Å². The second kappa shape index (κ2) is 34.0. The number of aromatic nitrogens is 2. The van der Waals surface area contributed by atoms with Gasteiger partial charge < -0.3 is 10.2 Å². The summed E-state index contributed by atoms with van der Waals surface area (Å²) in [6.45, 7) is 24.1. The Morgan fingerprint density at radius 2 is 0.543 bits per heavy atom. The fourth-order valence-electron chi connectivity index (χ4n) is 20.5. The van der Waals surface area contributed by atoms with Crippen LogP contribution in [0.15, 0.2) is 170 Å². The van der Waals surface area contributed by atoms with Crippen LogP contribution in [0.1, 0.15) is 295 Å². The number of nitrogens with zero attached hydrogens (tertiary/aromatic N) is 2. The number of rotatable bonds is 38. The molecule has 0 amide bonds. The van der Waals surface area contributed by atoms with Crippen LogP contribution in [0.4, 0.5) is 0 Å². The topological polar surface area (TPSA) is 66.2 Å². The maximum Gasteiger partial charge on any atom is 0.141 e. The molecule has 0 saturated carbocycles. The third-order valence-corrected chi connectivity index (χ3v) is 26.5. The molecule has 0 aliphatic heterocycles. The Morgan fingerprint density at radius 1 is 0.276 bits per heavy atom. The van der Waals surface area contributed by atoms with E-state index in [0.717, 1.165) is 60.4 Å². The monoisotopic (exact) mass is 1400 g/mol. The number of benzene rings is 8. The molecule has 4 atom stereocenters. The number of pyridine rings is 2. The summed E-state index contributed by atoms with van der Waals surface area (Å²) in [4.78, 5) is 9.42. The molecule has 2 N–H and O–H groups in total. The van der Waals surface area contributed by atoms with E-state index in [1.54, 1.807) is 23.5 Å². The Balaban J connectivity index is 0.967. The van der Waals surface area contributed by atoms with Crippen molar-refractivity contribution in [2.24, 2.45) is 23.7 Å². The molecule has 0 bridgehead atoms. The van der Waals surface area contributed by atoms with E-state index in [0.29, 0.717) is 34.7 Å². The van der Waals surface area contributed by atoms with Crippen LogP contribution in [-0.4, -0.2) is 20.2 Å². The molecule has 13 rings (SSSR count). The van der Waals surface area contributed by atoms with E-state index in [4.69, 9.17) is 9.97 Å². The van der Waals surface area contributed by atoms with Crippen LogP contribution >= 0.6 is 0 Å². The minimum atomic E-state index is -0.181. The van der Waals surface area contributed by atoms with Gasteiger partial charge in [-0.15, -0.1) is 0 Å². The van der Waals surface area contributed by atoms with E-state index in [2.05, 4.69) is 203 Å². The van der Waals surface area contributed by atoms with Gasteiger partial charge in [0.1, 0.15) is 22.5 Å². The molecule has 4 unspecified atom stereocenters. The SMILES string of the molecule is CCCCCCC1(CCCCCC)c2cc(-c3ccc4c(c3)C(CC(CC)CCCC)(CC(CC)CCCC)c3cc(-c5ccc(O)c6ncccc56)ccc3-4)ccc2-c2ccc(-c3ccc4c(c3)C(CC(CC)CCCC)(CC(CC)CCCC)c3cc(-c5ccc(O)c6ncccc56)ccc3-4)cc21. The molecule has 2 heterocycles. The standard InChI is InChI=1S/C101H124N2O2/c1-11-21-27-29-55-99(56-30-28-22-12-2)89-59-73(75-41-47-83-85-49-43-77(79-51-53-95(104)97-87(79)37-31-57-102-97)63-93(85)100(91(83)61-75,65-69(17-7)33-23-13-3)66-70(18-8)34-24-14-4)39-45-81(89)82-46-40-74(60-90(82)99)76-42-48-84-86-50-44-78(80-52-54-96(105)98-88(80)38-32-58-103-98)64-94(86)101(92(84)62-76,67-71(19-9)35-25-15-5)68-72(20-10)36-26-16-6/h31-32,37-54,57-64,69-72,104-105H,11-30,33-36,55-56,65-68H2,1-10H3. The molecule has 4 heteroatoms. The van der Waals surface area contributed by atoms with Gasteiger partial charge in [-0.3, -0.25) is 9.97 Å². The van der Waals surface area contributed by atoms with Gasteiger partial charge in [-0.2, -0.15) is 0 Å². The highest BCUT2D eigenvalue weighted by Crippen LogP contribution is 2.62. The second-order valence-corrected chi connectivity index (χ2v) is 33.0. The van der Waals surface area contributed by atoms with Gasteiger partial charge in [-0.05, 0) is 246 Å². The molecule has 4 nitrogen and oxygen atoms in total. The molecular weight excluding hydrogens is 1270 g/mol. The minimum absolute atomic E-state index is 0.136. The minimum Gasteiger partial charge on any atom is -0.506 e. The fourth-order valence-corrected chi connectivity index (χ4v) is 20.5. The van der Waals surface area contributed by atoms with Gasteiger partial charge in [-0.1, -0.05) is 308 Å². The highest BCUT2D eigenvalue weighted by molar-refractivity contribution is 6.00. The summed E-state index contributed by atoms with van der Waals surface area (Å²) in [6.07, 6.45) is 40.0. The Labute approximate surface area is 632 Å². The Bertz CT molecular complexity index is 4300. The maximum atomic E-state index is 11.1. The predicted molar refractivity (Wildman–Crippen MR) is 450 cm³/mol. The number of aromatic hydroxyl groups is 2. The Hall–Kier alpha value is -7.82. The molecule has 550 valence electrons. The summed E-state index contributed by atoms with van der Waals surface area (Å²) in [5, 5.41) is 24.3. The average Bonchev–Trinajstić information content (AvgIpc) is 1.56. The van der Waals surface area contributed by atoms with E-state index >= 15 is 0 Å². The van der Waals surface area contributed by atoms with Crippen LogP contribution < -0.4 is 0 Å². The zero-order chi connectivity index (χ0) is 73.2. The molecular formula is C101H124N2O2. The summed E-state index contributed by atoms with van der Waals surface area (Å²) >= 11 is 0. The molecule has 10 aromatic rings. The molecule has 8 aromatic carbocycles. The molecule has 2 aromatic heterocycles. The Kier molecular flexibility index (Phi) is 24.4. The predicted octanol–water partition coefficient (Wildman–Crippen LogP) is 30.0. The molecule has 0 spiro atoms. The average molecular weight is 1400 g/mol. The van der Waals surface area contributed by atoms with E-state index in [1.165, 1.54) is 243 Å². The van der Waals surface area contributed by atoms with Crippen molar-refractivity contribution in [1.29, 1.82) is 0 Å². The third kappa shape index (κ3) is 14.8. The van der Waals surface area contributed by atoms with E-state index in [1.807, 2.05) is 24.3 Å². The number of hydrogen-bond acceptors (Lipinski definition) is 4. The van der Waals surface area contributed by atoms with Crippen LogP contribution in [0.3, 0.4) is 0 Å². The van der Waals surface area contributed by atoms with Gasteiger partial charge >= 0.3 is 0 Å². The number of unbranched alkanes of at least 4 members (excludes halogenated alkanes) is 10. The van der Waals surface area contributed by atoms with E-state index in [9.17, 15) is 10.2 Å². The molecule has 105 heavy (non-hydrogen) atoms. The Morgan fingerprint density at radius 3 is 0.829 bits per heavy atom. The molecule has 0 fully saturated rings. The highest BCUT2D eigenvalue weighted by atomic mass is 16.3. The number of hydrogen-bond donors (Lipinski definition) is 2. The van der Waals surface area contributed by atoms with Crippen LogP contribution in [0.2, 0.25) is 0 Å². The molecule has 3 aliphatic carbocycles. The van der Waals surface area contributed by atoms with Crippen molar-refractivity contribution in [3.05, 3.63) is 203 Å². The molecule has 0 radical (unpaired) electrons. The molecule has 0 saturated heterocycles. The lowest BCUT2D eigenvalue weighted by atomic mass is 9.64. The van der Waals surface area contributed by atoms with Gasteiger partial charge in [0.25, 0.3) is 0 Å². The lowest BCUT2D eigenvalue weighted by Crippen LogP contribution is -2.31. The summed E-state index contributed by atoms with van der Waals surface area (Å²) in [5.74, 6) is 2.84. The highest BCUT2D eigenvalue weighted by Gasteiger charge is 2.49. The normalized spacial score (nSPS) is 17.1. The van der Waals surface area contributed by atoms with Crippen molar-refractivity contribution in [3.8, 4) is 89.4 Å². The van der Waals surface area contributed by atoms with Gasteiger partial charge in [0.2, 0.25) is 0 Å². The number of fused-ring (bicyclic) bond motifs is 11. The molecule has 3 aliphatic rings. The third-order valence-electron chi connectivity index (χ3n) is 26.5. The first-order valence-electron chi connectivity index (χ1n) is 42.4. The summed E-state index contributed by atoms with van der Waals surface area (Å²) in [6, 6.07) is 62.2. The van der Waals surface area contributed by atoms with Gasteiger partial charge in [0.05, 0.1) is 0 Å².